The van der Waals surface area contributed by atoms with Gasteiger partial charge in [0.05, 0.1) is 12.0 Å². The number of nitrogens with one attached hydrogen (secondary N) is 1. The number of aromatic hydroxyl groups is 1. The van der Waals surface area contributed by atoms with Crippen LogP contribution in [0.5, 0.6) is 5.88 Å². The van der Waals surface area contributed by atoms with Gasteiger partial charge in [-0.2, -0.15) is 0 Å². The number of aromatic nitrogens is 2. The van der Waals surface area contributed by atoms with Crippen LogP contribution in [-0.4, -0.2) is 15.1 Å². The largest absolute Gasteiger partial charge is 0.492 e. The van der Waals surface area contributed by atoms with Gasteiger partial charge in [-0.25, -0.2) is 4.98 Å². The van der Waals surface area contributed by atoms with Gasteiger partial charge in [-0.15, -0.1) is 6.58 Å². The molecule has 0 fully saturated rings. The van der Waals surface area contributed by atoms with Crippen LogP contribution < -0.4 is 0 Å². The second-order valence-electron chi connectivity index (χ2n) is 3.03. The maximum Gasteiger partial charge on any atom is 0.233 e. The van der Waals surface area contributed by atoms with Gasteiger partial charge in [-0.3, -0.25) is 0 Å². The Labute approximate surface area is 65.8 Å². The van der Waals surface area contributed by atoms with Gasteiger partial charge in [0.1, 0.15) is 0 Å². The molecule has 1 aromatic heterocycles. The predicted molar refractivity (Wildman–Crippen MR) is 43.5 cm³/mol. The summed E-state index contributed by atoms with van der Waals surface area (Å²) in [5, 5.41) is 9.23. The fraction of sp³-hybridized carbons (Fsp3) is 0.375. The topological polar surface area (TPSA) is 48.9 Å². The van der Waals surface area contributed by atoms with Crippen LogP contribution in [0.3, 0.4) is 0 Å². The van der Waals surface area contributed by atoms with Crippen LogP contribution in [0.4, 0.5) is 0 Å². The lowest BCUT2D eigenvalue weighted by atomic mass is 9.90. The van der Waals surface area contributed by atoms with Crippen molar-refractivity contribution in [3.05, 3.63) is 24.7 Å². The number of hydrogen-bond donors (Lipinski definition) is 2. The highest BCUT2D eigenvalue weighted by molar-refractivity contribution is 5.28. The minimum absolute atomic E-state index is 0.0508. The van der Waals surface area contributed by atoms with Gasteiger partial charge < -0.3 is 10.1 Å². The van der Waals surface area contributed by atoms with Crippen molar-refractivity contribution >= 4 is 0 Å². The van der Waals surface area contributed by atoms with Gasteiger partial charge in [0.2, 0.25) is 5.88 Å². The predicted octanol–water partition coefficient (Wildman–Crippen LogP) is 1.58. The number of aromatic amines is 1. The zero-order chi connectivity index (χ0) is 8.48. The van der Waals surface area contributed by atoms with E-state index in [0.717, 1.165) is 0 Å². The molecule has 0 unspecified atom stereocenters. The molecule has 0 radical (unpaired) electrons. The smallest absolute Gasteiger partial charge is 0.233 e. The molecule has 1 rings (SSSR count). The molecule has 0 atom stereocenters. The third-order valence-corrected chi connectivity index (χ3v) is 1.77. The van der Waals surface area contributed by atoms with E-state index in [2.05, 4.69) is 16.5 Å². The van der Waals surface area contributed by atoms with Gasteiger partial charge in [0.15, 0.2) is 0 Å². The molecule has 0 aliphatic rings. The van der Waals surface area contributed by atoms with Gasteiger partial charge in [-0.1, -0.05) is 19.9 Å². The van der Waals surface area contributed by atoms with Crippen LogP contribution in [0.2, 0.25) is 0 Å². The molecule has 2 N–H and O–H groups in total. The summed E-state index contributed by atoms with van der Waals surface area (Å²) in [5.74, 6) is 0.0508. The van der Waals surface area contributed by atoms with Crippen molar-refractivity contribution in [2.75, 3.05) is 0 Å². The SMILES string of the molecule is C=CC(C)(C)c1[nH]cnc1O. The normalized spacial score (nSPS) is 11.5. The third-order valence-electron chi connectivity index (χ3n) is 1.77. The number of nitrogens with zero attached hydrogens (tertiary/aromatic N) is 1. The molecule has 0 aliphatic heterocycles. The van der Waals surface area contributed by atoms with Crippen molar-refractivity contribution in [1.82, 2.24) is 9.97 Å². The zero-order valence-corrected chi connectivity index (χ0v) is 6.76. The van der Waals surface area contributed by atoms with Crippen molar-refractivity contribution in [3.63, 3.8) is 0 Å². The minimum atomic E-state index is -0.249. The first-order valence-corrected chi connectivity index (χ1v) is 3.44. The highest BCUT2D eigenvalue weighted by Crippen LogP contribution is 2.27. The number of rotatable bonds is 2. The van der Waals surface area contributed by atoms with Crippen LogP contribution in [-0.2, 0) is 5.41 Å². The van der Waals surface area contributed by atoms with Crippen LogP contribution >= 0.6 is 0 Å². The molecule has 0 spiro atoms. The Bertz CT molecular complexity index is 263. The summed E-state index contributed by atoms with van der Waals surface area (Å²) in [4.78, 5) is 6.55. The molecule has 3 nitrogen and oxygen atoms in total. The number of hydrogen-bond acceptors (Lipinski definition) is 2. The molecule has 0 saturated carbocycles. The fourth-order valence-electron chi connectivity index (χ4n) is 0.863. The first kappa shape index (κ1) is 7.85. The average Bonchev–Trinajstić information content (AvgIpc) is 2.36. The maximum atomic E-state index is 9.23. The highest BCUT2D eigenvalue weighted by atomic mass is 16.3. The van der Waals surface area contributed by atoms with Crippen molar-refractivity contribution < 1.29 is 5.11 Å². The Morgan fingerprint density at radius 3 is 2.73 bits per heavy atom. The van der Waals surface area contributed by atoms with Crippen molar-refractivity contribution in [1.29, 1.82) is 0 Å². The molecule has 1 aromatic rings. The van der Waals surface area contributed by atoms with E-state index in [0.29, 0.717) is 5.69 Å². The molecular weight excluding hydrogens is 140 g/mol. The molecule has 1 heterocycles. The van der Waals surface area contributed by atoms with Crippen LogP contribution in [0.1, 0.15) is 19.5 Å². The lowest BCUT2D eigenvalue weighted by molar-refractivity contribution is 0.437. The Kier molecular flexibility index (Phi) is 1.72. The molecule has 0 bridgehead atoms. The molecule has 3 heteroatoms. The molecule has 11 heavy (non-hydrogen) atoms. The van der Waals surface area contributed by atoms with Gasteiger partial charge in [0.25, 0.3) is 0 Å². The molecule has 0 amide bonds. The highest BCUT2D eigenvalue weighted by Gasteiger charge is 2.21. The molecule has 0 aromatic carbocycles. The zero-order valence-electron chi connectivity index (χ0n) is 6.76. The third kappa shape index (κ3) is 1.27. The molecule has 0 saturated heterocycles. The first-order chi connectivity index (χ1) is 5.08. The van der Waals surface area contributed by atoms with Gasteiger partial charge >= 0.3 is 0 Å². The van der Waals surface area contributed by atoms with E-state index in [1.54, 1.807) is 6.08 Å². The van der Waals surface area contributed by atoms with Crippen LogP contribution in [0.15, 0.2) is 19.0 Å². The second-order valence-corrected chi connectivity index (χ2v) is 3.03. The van der Waals surface area contributed by atoms with Crippen molar-refractivity contribution in [2.45, 2.75) is 19.3 Å². The Morgan fingerprint density at radius 2 is 2.36 bits per heavy atom. The van der Waals surface area contributed by atoms with E-state index < -0.39 is 0 Å². The van der Waals surface area contributed by atoms with Crippen LogP contribution in [0.25, 0.3) is 0 Å². The molecular formula is C8H12N2O. The van der Waals surface area contributed by atoms with Crippen molar-refractivity contribution in [3.8, 4) is 5.88 Å². The number of imidazole rings is 1. The summed E-state index contributed by atoms with van der Waals surface area (Å²) in [6.45, 7) is 7.57. The van der Waals surface area contributed by atoms with E-state index >= 15 is 0 Å². The van der Waals surface area contributed by atoms with E-state index in [9.17, 15) is 5.11 Å². The Balaban J connectivity index is 3.10. The monoisotopic (exact) mass is 152 g/mol. The number of allylic oxidation sites excluding steroid dienone is 1. The summed E-state index contributed by atoms with van der Waals surface area (Å²) in [6, 6.07) is 0. The Morgan fingerprint density at radius 1 is 1.73 bits per heavy atom. The fourth-order valence-corrected chi connectivity index (χ4v) is 0.863. The summed E-state index contributed by atoms with van der Waals surface area (Å²) in [6.07, 6.45) is 3.23. The number of H-pyrrole nitrogens is 1. The second kappa shape index (κ2) is 2.42. The van der Waals surface area contributed by atoms with E-state index in [4.69, 9.17) is 0 Å². The average molecular weight is 152 g/mol. The quantitative estimate of drug-likeness (QED) is 0.632. The molecule has 60 valence electrons. The summed E-state index contributed by atoms with van der Waals surface area (Å²) in [5.41, 5.74) is 0.452. The van der Waals surface area contributed by atoms with E-state index in [1.807, 2.05) is 13.8 Å². The minimum Gasteiger partial charge on any atom is -0.492 e. The molecule has 0 aliphatic carbocycles. The summed E-state index contributed by atoms with van der Waals surface area (Å²) < 4.78 is 0. The van der Waals surface area contributed by atoms with Crippen LogP contribution in [0, 0.1) is 0 Å². The van der Waals surface area contributed by atoms with E-state index in [1.165, 1.54) is 6.33 Å². The summed E-state index contributed by atoms with van der Waals surface area (Å²) >= 11 is 0. The maximum absolute atomic E-state index is 9.23. The lowest BCUT2D eigenvalue weighted by Gasteiger charge is -2.17. The van der Waals surface area contributed by atoms with Crippen molar-refractivity contribution in [2.24, 2.45) is 0 Å². The Hall–Kier alpha value is -1.25. The van der Waals surface area contributed by atoms with Gasteiger partial charge in [0, 0.05) is 5.41 Å². The van der Waals surface area contributed by atoms with Gasteiger partial charge in [-0.05, 0) is 0 Å². The lowest BCUT2D eigenvalue weighted by Crippen LogP contribution is -2.13. The van der Waals surface area contributed by atoms with E-state index in [-0.39, 0.29) is 11.3 Å². The standard InChI is InChI=1S/C8H12N2O/c1-4-8(2,3)6-7(11)10-5-9-6/h4-5,11H,1H2,2-3H3,(H,9,10). The summed E-state index contributed by atoms with van der Waals surface area (Å²) in [7, 11) is 0. The first-order valence-electron chi connectivity index (χ1n) is 3.44.